The molecule has 0 spiro atoms. The van der Waals surface area contributed by atoms with Gasteiger partial charge in [0.15, 0.2) is 0 Å². The van der Waals surface area contributed by atoms with Gasteiger partial charge in [-0.15, -0.1) is 0 Å². The van der Waals surface area contributed by atoms with Gasteiger partial charge in [0.1, 0.15) is 0 Å². The maximum atomic E-state index is 13.3. The molecule has 3 aromatic carbocycles. The highest BCUT2D eigenvalue weighted by atomic mass is 16.2. The molecule has 3 aromatic rings. The molecule has 0 bridgehead atoms. The molecule has 1 atom stereocenters. The van der Waals surface area contributed by atoms with Gasteiger partial charge in [-0.1, -0.05) is 72.8 Å². The summed E-state index contributed by atoms with van der Waals surface area (Å²) in [5.41, 5.74) is 5.56. The van der Waals surface area contributed by atoms with Gasteiger partial charge in [0.2, 0.25) is 0 Å². The van der Waals surface area contributed by atoms with Crippen molar-refractivity contribution >= 4 is 5.91 Å². The van der Waals surface area contributed by atoms with Crippen molar-refractivity contribution in [3.8, 4) is 0 Å². The lowest BCUT2D eigenvalue weighted by Gasteiger charge is -2.38. The lowest BCUT2D eigenvalue weighted by molar-refractivity contribution is 0.0694. The molecule has 1 amide bonds. The number of amides is 1. The molecule has 0 aliphatic carbocycles. The first-order chi connectivity index (χ1) is 12.3. The third kappa shape index (κ3) is 2.85. The minimum Gasteiger partial charge on any atom is -0.327 e. The summed E-state index contributed by atoms with van der Waals surface area (Å²) in [4.78, 5) is 15.4. The van der Waals surface area contributed by atoms with E-state index in [2.05, 4.69) is 36.4 Å². The molecular formula is C23H21NO. The Kier molecular flexibility index (Phi) is 4.10. The first kappa shape index (κ1) is 15.6. The molecule has 4 rings (SSSR count). The van der Waals surface area contributed by atoms with E-state index in [9.17, 15) is 4.79 Å². The molecule has 25 heavy (non-hydrogen) atoms. The predicted octanol–water partition coefficient (Wildman–Crippen LogP) is 4.78. The Morgan fingerprint density at radius 2 is 1.56 bits per heavy atom. The van der Waals surface area contributed by atoms with Crippen molar-refractivity contribution in [2.75, 3.05) is 6.54 Å². The zero-order valence-electron chi connectivity index (χ0n) is 14.4. The third-order valence-corrected chi connectivity index (χ3v) is 5.04. The molecular weight excluding hydrogens is 306 g/mol. The average Bonchev–Trinajstić information content (AvgIpc) is 2.67. The van der Waals surface area contributed by atoms with Crippen LogP contribution in [-0.4, -0.2) is 17.4 Å². The highest BCUT2D eigenvalue weighted by Gasteiger charge is 2.32. The zero-order valence-corrected chi connectivity index (χ0v) is 14.4. The number of hydrogen-bond donors (Lipinski definition) is 0. The Hall–Kier alpha value is -2.87. The second-order valence-electron chi connectivity index (χ2n) is 6.58. The summed E-state index contributed by atoms with van der Waals surface area (Å²) in [5.74, 6) is 0.112. The maximum Gasteiger partial charge on any atom is 0.254 e. The molecule has 1 aliphatic heterocycles. The van der Waals surface area contributed by atoms with E-state index in [-0.39, 0.29) is 11.9 Å². The van der Waals surface area contributed by atoms with Crippen LogP contribution >= 0.6 is 0 Å². The van der Waals surface area contributed by atoms with Crippen LogP contribution in [0.1, 0.15) is 38.7 Å². The van der Waals surface area contributed by atoms with E-state index >= 15 is 0 Å². The van der Waals surface area contributed by atoms with Gasteiger partial charge < -0.3 is 4.90 Å². The first-order valence-corrected chi connectivity index (χ1v) is 8.75. The van der Waals surface area contributed by atoms with Crippen molar-refractivity contribution in [3.63, 3.8) is 0 Å². The van der Waals surface area contributed by atoms with Crippen LogP contribution in [0.15, 0.2) is 78.9 Å². The number of fused-ring (bicyclic) bond motifs is 1. The molecule has 0 saturated carbocycles. The minimum atomic E-state index is -0.0294. The summed E-state index contributed by atoms with van der Waals surface area (Å²) in [6.45, 7) is 2.74. The second kappa shape index (κ2) is 6.56. The fourth-order valence-corrected chi connectivity index (χ4v) is 3.75. The average molecular weight is 327 g/mol. The highest BCUT2D eigenvalue weighted by Crippen LogP contribution is 2.36. The Balaban J connectivity index is 1.82. The van der Waals surface area contributed by atoms with Crippen LogP contribution in [0.2, 0.25) is 0 Å². The lowest BCUT2D eigenvalue weighted by Crippen LogP contribution is -2.40. The zero-order chi connectivity index (χ0) is 17.2. The molecule has 0 radical (unpaired) electrons. The minimum absolute atomic E-state index is 0.0294. The molecule has 0 unspecified atom stereocenters. The third-order valence-electron chi connectivity index (χ3n) is 5.04. The number of hydrogen-bond acceptors (Lipinski definition) is 1. The normalized spacial score (nSPS) is 16.4. The number of nitrogens with zero attached hydrogens (tertiary/aromatic N) is 1. The summed E-state index contributed by atoms with van der Waals surface area (Å²) < 4.78 is 0. The molecule has 1 heterocycles. The van der Waals surface area contributed by atoms with Gasteiger partial charge in [-0.25, -0.2) is 0 Å². The van der Waals surface area contributed by atoms with Gasteiger partial charge in [0.25, 0.3) is 5.91 Å². The lowest BCUT2D eigenvalue weighted by atomic mass is 9.87. The van der Waals surface area contributed by atoms with E-state index in [4.69, 9.17) is 0 Å². The van der Waals surface area contributed by atoms with Crippen molar-refractivity contribution in [2.45, 2.75) is 19.4 Å². The van der Waals surface area contributed by atoms with Crippen molar-refractivity contribution in [3.05, 3.63) is 107 Å². The number of carbonyl (C=O) groups excluding carboxylic acids is 1. The summed E-state index contributed by atoms with van der Waals surface area (Å²) in [5, 5.41) is 0. The van der Waals surface area contributed by atoms with Crippen molar-refractivity contribution in [1.82, 2.24) is 4.90 Å². The van der Waals surface area contributed by atoms with Gasteiger partial charge >= 0.3 is 0 Å². The number of carbonyl (C=O) groups is 1. The van der Waals surface area contributed by atoms with Crippen LogP contribution in [0.25, 0.3) is 0 Å². The van der Waals surface area contributed by atoms with E-state index in [0.29, 0.717) is 0 Å². The van der Waals surface area contributed by atoms with Crippen molar-refractivity contribution in [2.24, 2.45) is 0 Å². The van der Waals surface area contributed by atoms with Crippen LogP contribution < -0.4 is 0 Å². The highest BCUT2D eigenvalue weighted by molar-refractivity contribution is 5.96. The predicted molar refractivity (Wildman–Crippen MR) is 101 cm³/mol. The molecule has 0 saturated heterocycles. The Morgan fingerprint density at radius 1 is 0.880 bits per heavy atom. The topological polar surface area (TPSA) is 20.3 Å². The summed E-state index contributed by atoms with van der Waals surface area (Å²) >= 11 is 0. The molecule has 2 nitrogen and oxygen atoms in total. The summed E-state index contributed by atoms with van der Waals surface area (Å²) in [7, 11) is 0. The SMILES string of the molecule is Cc1ccccc1C(=O)N1CCc2ccccc2[C@@H]1c1ccccc1. The molecule has 124 valence electrons. The Morgan fingerprint density at radius 3 is 2.36 bits per heavy atom. The van der Waals surface area contributed by atoms with Crippen LogP contribution in [0.4, 0.5) is 0 Å². The van der Waals surface area contributed by atoms with Gasteiger partial charge in [0, 0.05) is 12.1 Å². The number of aryl methyl sites for hydroxylation is 1. The van der Waals surface area contributed by atoms with Crippen LogP contribution in [0, 0.1) is 6.92 Å². The largest absolute Gasteiger partial charge is 0.327 e. The molecule has 0 fully saturated rings. The van der Waals surface area contributed by atoms with Gasteiger partial charge in [0.05, 0.1) is 6.04 Å². The molecule has 2 heteroatoms. The second-order valence-corrected chi connectivity index (χ2v) is 6.58. The first-order valence-electron chi connectivity index (χ1n) is 8.75. The maximum absolute atomic E-state index is 13.3. The van der Waals surface area contributed by atoms with Crippen LogP contribution in [-0.2, 0) is 6.42 Å². The smallest absolute Gasteiger partial charge is 0.254 e. The summed E-state index contributed by atoms with van der Waals surface area (Å²) in [6.07, 6.45) is 0.900. The van der Waals surface area contributed by atoms with E-state index in [1.807, 2.05) is 54.3 Å². The molecule has 0 N–H and O–H groups in total. The van der Waals surface area contributed by atoms with Gasteiger partial charge in [-0.2, -0.15) is 0 Å². The van der Waals surface area contributed by atoms with E-state index in [1.54, 1.807) is 0 Å². The van der Waals surface area contributed by atoms with Gasteiger partial charge in [-0.05, 0) is 41.7 Å². The van der Waals surface area contributed by atoms with E-state index in [1.165, 1.54) is 11.1 Å². The quantitative estimate of drug-likeness (QED) is 0.663. The Bertz CT molecular complexity index is 901. The fourth-order valence-electron chi connectivity index (χ4n) is 3.75. The monoisotopic (exact) mass is 327 g/mol. The standard InChI is InChI=1S/C23H21NO/c1-17-9-5-7-13-20(17)23(25)24-16-15-18-10-6-8-14-21(18)22(24)19-11-3-2-4-12-19/h2-14,22H,15-16H2,1H3/t22-/m0/s1. The van der Waals surface area contributed by atoms with Crippen LogP contribution in [0.3, 0.4) is 0 Å². The summed E-state index contributed by atoms with van der Waals surface area (Å²) in [6, 6.07) is 26.7. The fraction of sp³-hybridized carbons (Fsp3) is 0.174. The van der Waals surface area contributed by atoms with E-state index < -0.39 is 0 Å². The molecule has 0 aromatic heterocycles. The number of benzene rings is 3. The number of rotatable bonds is 2. The van der Waals surface area contributed by atoms with Gasteiger partial charge in [-0.3, -0.25) is 4.79 Å². The van der Waals surface area contributed by atoms with Crippen molar-refractivity contribution in [1.29, 1.82) is 0 Å². The van der Waals surface area contributed by atoms with E-state index in [0.717, 1.165) is 29.7 Å². The van der Waals surface area contributed by atoms with Crippen molar-refractivity contribution < 1.29 is 4.79 Å². The van der Waals surface area contributed by atoms with Crippen LogP contribution in [0.5, 0.6) is 0 Å². The molecule has 1 aliphatic rings. The Labute approximate surface area is 148 Å².